The number of phenolic OH excluding ortho intramolecular Hbond substituents is 1. The molecule has 0 aliphatic rings. The minimum Gasteiger partial charge on any atom is -0.507 e. The van der Waals surface area contributed by atoms with Gasteiger partial charge in [0.1, 0.15) is 5.75 Å². The van der Waals surface area contributed by atoms with E-state index in [1.807, 2.05) is 0 Å². The molecule has 0 amide bonds. The van der Waals surface area contributed by atoms with Crippen molar-refractivity contribution < 1.29 is 14.6 Å². The second-order valence-corrected chi connectivity index (χ2v) is 3.88. The Labute approximate surface area is 84.1 Å². The van der Waals surface area contributed by atoms with Gasteiger partial charge in [0.25, 0.3) is 0 Å². The molecule has 4 heteroatoms. The molecule has 13 heavy (non-hydrogen) atoms. The van der Waals surface area contributed by atoms with E-state index in [0.29, 0.717) is 10.0 Å². The van der Waals surface area contributed by atoms with Gasteiger partial charge in [0.2, 0.25) is 0 Å². The molecule has 0 saturated carbocycles. The summed E-state index contributed by atoms with van der Waals surface area (Å²) in [5.41, 5.74) is -1.43. The molecule has 0 spiro atoms. The first-order valence-electron chi connectivity index (χ1n) is 3.76. The lowest BCUT2D eigenvalue weighted by atomic mass is 9.99. The Balaban J connectivity index is 3.10. The summed E-state index contributed by atoms with van der Waals surface area (Å²) in [4.78, 5) is 0. The maximum Gasteiger partial charge on any atom is 0.156 e. The van der Waals surface area contributed by atoms with Crippen LogP contribution in [0.25, 0.3) is 0 Å². The summed E-state index contributed by atoms with van der Waals surface area (Å²) in [5.74, 6) is 0.0532. The van der Waals surface area contributed by atoms with Crippen LogP contribution in [0.5, 0.6) is 5.75 Å². The number of halogens is 2. The van der Waals surface area contributed by atoms with E-state index in [-0.39, 0.29) is 5.75 Å². The normalized spacial score (nSPS) is 15.4. The molecule has 1 aromatic carbocycles. The molecule has 0 radical (unpaired) electrons. The summed E-state index contributed by atoms with van der Waals surface area (Å²) in [7, 11) is 0. The van der Waals surface area contributed by atoms with Gasteiger partial charge in [-0.05, 0) is 40.5 Å². The fraction of sp³-hybridized carbons (Fsp3) is 0.333. The number of rotatable bonds is 2. The van der Waals surface area contributed by atoms with E-state index in [4.69, 9.17) is 10.2 Å². The van der Waals surface area contributed by atoms with Gasteiger partial charge in [-0.2, -0.15) is 0 Å². The van der Waals surface area contributed by atoms with Crippen molar-refractivity contribution in [3.63, 3.8) is 0 Å². The maximum atomic E-state index is 13.5. The monoisotopic (exact) mass is 248 g/mol. The molecule has 1 atom stereocenters. The predicted molar refractivity (Wildman–Crippen MR) is 51.4 cm³/mol. The van der Waals surface area contributed by atoms with Gasteiger partial charge in [0, 0.05) is 0 Å². The average molecular weight is 249 g/mol. The minimum absolute atomic E-state index is 0.0532. The highest BCUT2D eigenvalue weighted by Gasteiger charge is 2.25. The van der Waals surface area contributed by atoms with Gasteiger partial charge in [0.15, 0.2) is 5.67 Å². The molecule has 2 nitrogen and oxygen atoms in total. The topological polar surface area (TPSA) is 40.5 Å². The molecule has 0 heterocycles. The van der Waals surface area contributed by atoms with Gasteiger partial charge < -0.3 is 10.2 Å². The van der Waals surface area contributed by atoms with Crippen molar-refractivity contribution in [3.8, 4) is 5.75 Å². The van der Waals surface area contributed by atoms with E-state index in [2.05, 4.69) is 15.9 Å². The van der Waals surface area contributed by atoms with E-state index in [9.17, 15) is 4.39 Å². The van der Waals surface area contributed by atoms with Crippen LogP contribution in [0.15, 0.2) is 22.7 Å². The number of aliphatic hydroxyl groups is 1. The Morgan fingerprint density at radius 1 is 1.54 bits per heavy atom. The first kappa shape index (κ1) is 10.5. The molecule has 72 valence electrons. The lowest BCUT2D eigenvalue weighted by Gasteiger charge is -2.17. The van der Waals surface area contributed by atoms with Crippen molar-refractivity contribution in [3.05, 3.63) is 28.2 Å². The summed E-state index contributed by atoms with van der Waals surface area (Å²) >= 11 is 3.07. The van der Waals surface area contributed by atoms with Crippen molar-refractivity contribution in [1.82, 2.24) is 0 Å². The summed E-state index contributed by atoms with van der Waals surface area (Å²) in [6, 6.07) is 4.27. The molecule has 0 saturated heterocycles. The van der Waals surface area contributed by atoms with E-state index in [0.717, 1.165) is 0 Å². The molecule has 2 N–H and O–H groups in total. The third-order valence-electron chi connectivity index (χ3n) is 1.85. The molecule has 0 aliphatic carbocycles. The van der Waals surface area contributed by atoms with E-state index in [1.165, 1.54) is 25.1 Å². The Morgan fingerprint density at radius 2 is 2.15 bits per heavy atom. The summed E-state index contributed by atoms with van der Waals surface area (Å²) in [5, 5.41) is 17.9. The standard InChI is InChI=1S/C9H10BrFO2/c1-9(11,5-12)6-2-3-8(13)7(10)4-6/h2-4,12-13H,5H2,1H3. The first-order chi connectivity index (χ1) is 5.97. The quantitative estimate of drug-likeness (QED) is 0.844. The van der Waals surface area contributed by atoms with Crippen molar-refractivity contribution in [1.29, 1.82) is 0 Å². The summed E-state index contributed by atoms with van der Waals surface area (Å²) in [6.07, 6.45) is 0. The van der Waals surface area contributed by atoms with Crippen molar-refractivity contribution in [2.45, 2.75) is 12.6 Å². The Bertz CT molecular complexity index is 312. The van der Waals surface area contributed by atoms with Gasteiger partial charge in [-0.25, -0.2) is 4.39 Å². The highest BCUT2D eigenvalue weighted by molar-refractivity contribution is 9.10. The van der Waals surface area contributed by atoms with Crippen LogP contribution in [-0.2, 0) is 5.67 Å². The van der Waals surface area contributed by atoms with Crippen LogP contribution in [-0.4, -0.2) is 16.8 Å². The largest absolute Gasteiger partial charge is 0.507 e. The van der Waals surface area contributed by atoms with Crippen LogP contribution >= 0.6 is 15.9 Å². The number of aliphatic hydroxyl groups excluding tert-OH is 1. The zero-order valence-corrected chi connectivity index (χ0v) is 8.68. The van der Waals surface area contributed by atoms with Crippen molar-refractivity contribution in [2.24, 2.45) is 0 Å². The molecule has 0 aliphatic heterocycles. The van der Waals surface area contributed by atoms with E-state index < -0.39 is 12.3 Å². The number of hydrogen-bond acceptors (Lipinski definition) is 2. The van der Waals surface area contributed by atoms with Crippen molar-refractivity contribution >= 4 is 15.9 Å². The minimum atomic E-state index is -1.77. The van der Waals surface area contributed by atoms with Crippen LogP contribution in [0.3, 0.4) is 0 Å². The number of phenols is 1. The molecular weight excluding hydrogens is 239 g/mol. The number of aromatic hydroxyl groups is 1. The first-order valence-corrected chi connectivity index (χ1v) is 4.55. The van der Waals surface area contributed by atoms with Gasteiger partial charge >= 0.3 is 0 Å². The summed E-state index contributed by atoms with van der Waals surface area (Å²) < 4.78 is 13.9. The molecule has 1 aromatic rings. The maximum absolute atomic E-state index is 13.5. The zero-order valence-electron chi connectivity index (χ0n) is 7.09. The predicted octanol–water partition coefficient (Wildman–Crippen LogP) is 2.33. The SMILES string of the molecule is CC(F)(CO)c1ccc(O)c(Br)c1. The van der Waals surface area contributed by atoms with Crippen LogP contribution in [0, 0.1) is 0 Å². The van der Waals surface area contributed by atoms with Crippen LogP contribution < -0.4 is 0 Å². The zero-order chi connectivity index (χ0) is 10.1. The fourth-order valence-corrected chi connectivity index (χ4v) is 1.30. The van der Waals surface area contributed by atoms with Crippen LogP contribution in [0.2, 0.25) is 0 Å². The molecule has 1 unspecified atom stereocenters. The Kier molecular flexibility index (Phi) is 2.93. The third kappa shape index (κ3) is 2.19. The second kappa shape index (κ2) is 3.64. The molecule has 0 aromatic heterocycles. The molecular formula is C9H10BrFO2. The molecule has 1 rings (SSSR count). The lowest BCUT2D eigenvalue weighted by Crippen LogP contribution is -2.19. The van der Waals surface area contributed by atoms with Gasteiger partial charge in [-0.1, -0.05) is 6.07 Å². The fourth-order valence-electron chi connectivity index (χ4n) is 0.922. The number of alkyl halides is 1. The average Bonchev–Trinajstić information content (AvgIpc) is 2.09. The van der Waals surface area contributed by atoms with Crippen LogP contribution in [0.4, 0.5) is 4.39 Å². The third-order valence-corrected chi connectivity index (χ3v) is 2.48. The summed E-state index contributed by atoms with van der Waals surface area (Å²) in [6.45, 7) is 0.704. The highest BCUT2D eigenvalue weighted by Crippen LogP contribution is 2.31. The Morgan fingerprint density at radius 3 is 2.62 bits per heavy atom. The lowest BCUT2D eigenvalue weighted by molar-refractivity contribution is 0.0867. The Hall–Kier alpha value is -0.610. The van der Waals surface area contributed by atoms with Gasteiger partial charge in [-0.15, -0.1) is 0 Å². The smallest absolute Gasteiger partial charge is 0.156 e. The van der Waals surface area contributed by atoms with Gasteiger partial charge in [0.05, 0.1) is 11.1 Å². The van der Waals surface area contributed by atoms with Crippen LogP contribution in [0.1, 0.15) is 12.5 Å². The number of benzene rings is 1. The van der Waals surface area contributed by atoms with Crippen molar-refractivity contribution in [2.75, 3.05) is 6.61 Å². The highest BCUT2D eigenvalue weighted by atomic mass is 79.9. The van der Waals surface area contributed by atoms with E-state index in [1.54, 1.807) is 0 Å². The number of hydrogen-bond donors (Lipinski definition) is 2. The van der Waals surface area contributed by atoms with E-state index >= 15 is 0 Å². The molecule has 0 bridgehead atoms. The molecule has 0 fully saturated rings. The van der Waals surface area contributed by atoms with Gasteiger partial charge in [-0.3, -0.25) is 0 Å². The second-order valence-electron chi connectivity index (χ2n) is 3.02.